The molecule has 6 bridgehead atoms. The van der Waals surface area contributed by atoms with Crippen LogP contribution in [0.15, 0.2) is 24.3 Å². The molecule has 0 aliphatic carbocycles. The fourth-order valence-corrected chi connectivity index (χ4v) is 11.8. The van der Waals surface area contributed by atoms with E-state index in [0.717, 1.165) is 50.5 Å². The normalized spacial score (nSPS) is 45.2. The highest BCUT2D eigenvalue weighted by Gasteiger charge is 2.68. The number of fused-ring (bicyclic) bond motifs is 1. The van der Waals surface area contributed by atoms with Gasteiger partial charge in [-0.15, -0.1) is 0 Å². The number of ketones is 1. The van der Waals surface area contributed by atoms with Crippen LogP contribution < -0.4 is 5.73 Å². The van der Waals surface area contributed by atoms with E-state index in [0.29, 0.717) is 63.8 Å². The lowest BCUT2D eigenvalue weighted by Crippen LogP contribution is -2.61. The smallest absolute Gasteiger partial charge is 0.184 e. The number of hydrogen-bond donors (Lipinski definition) is 2. The van der Waals surface area contributed by atoms with Crippen molar-refractivity contribution in [3.8, 4) is 0 Å². The molecule has 9 aliphatic rings. The topological polar surface area (TPSA) is 156 Å². The predicted molar refractivity (Wildman–Crippen MR) is 217 cm³/mol. The Bertz CT molecular complexity index is 1480. The molecule has 18 atom stereocenters. The van der Waals surface area contributed by atoms with Crippen LogP contribution in [0, 0.1) is 11.8 Å². The Kier molecular flexibility index (Phi) is 13.5. The van der Waals surface area contributed by atoms with Crippen molar-refractivity contribution in [1.29, 1.82) is 0 Å². The van der Waals surface area contributed by atoms with Crippen LogP contribution in [0.2, 0.25) is 19.1 Å². The van der Waals surface area contributed by atoms with Gasteiger partial charge in [-0.1, -0.05) is 20.1 Å². The molecule has 9 aliphatic heterocycles. The summed E-state index contributed by atoms with van der Waals surface area (Å²) in [6.45, 7) is 18.0. The molecule has 0 aromatic rings. The third-order valence-corrected chi connectivity index (χ3v) is 16.0. The molecule has 9 rings (SSSR count). The SMILES string of the molecule is C=C1CO[C@@H](CC[C@@H]2O[C@@H](CCC34C[C@H]5O[C@@H]6[C@@H](O3)[C@H]3O[C@@H](CC(=O)C[C@@H]7[C@@H](OC)[C@@H](C[C@@H](CN)OCC[Si](C)(C)O)O[C@H]7C)CC[C@@H]3O[C@H]6[C@H]5O4)CC2=C)C[C@H]1C. The molecular weight excluding hydrogens is 763 g/mol. The lowest BCUT2D eigenvalue weighted by atomic mass is 9.85. The van der Waals surface area contributed by atoms with Crippen LogP contribution in [-0.4, -0.2) is 143 Å². The second kappa shape index (κ2) is 17.9. The van der Waals surface area contributed by atoms with Gasteiger partial charge in [0.25, 0.3) is 0 Å². The molecule has 9 saturated heterocycles. The highest BCUT2D eigenvalue weighted by atomic mass is 28.4. The molecule has 328 valence electrons. The highest BCUT2D eigenvalue weighted by molar-refractivity contribution is 6.69. The quantitative estimate of drug-likeness (QED) is 0.142. The standard InChI is InChI=1S/C44H71NO12Si/c1-24-16-29(50-23-26(24)3)8-10-34-25(2)17-31(52-34)12-13-44-21-37-40(56-44)41-42(55-37)43(57-44)39-35(54-41)11-9-30(53-39)18-28(46)19-33-27(4)51-36(38(33)48-5)20-32(22-45)49-14-15-58(6,7)47/h24,27,29-43,47H,2-3,8-23,45H2,1,4-7H3/t24-,27+,29+,30-,31+,32+,33+,34+,35+,36-,37-,38-,39+,40+,41+,42+,43+,44?/m1/s1. The summed E-state index contributed by atoms with van der Waals surface area (Å²) in [5.41, 5.74) is 8.41. The molecule has 1 unspecified atom stereocenters. The number of hydrogen-bond acceptors (Lipinski definition) is 13. The Morgan fingerprint density at radius 1 is 0.914 bits per heavy atom. The maximum absolute atomic E-state index is 13.8. The van der Waals surface area contributed by atoms with Gasteiger partial charge in [-0.05, 0) is 88.1 Å². The predicted octanol–water partition coefficient (Wildman–Crippen LogP) is 4.91. The fraction of sp³-hybridized carbons (Fsp3) is 0.886. The van der Waals surface area contributed by atoms with Crippen LogP contribution in [0.25, 0.3) is 0 Å². The van der Waals surface area contributed by atoms with Gasteiger partial charge in [-0.3, -0.25) is 4.79 Å². The minimum absolute atomic E-state index is 0.0462. The van der Waals surface area contributed by atoms with Gasteiger partial charge in [-0.25, -0.2) is 0 Å². The summed E-state index contributed by atoms with van der Waals surface area (Å²) < 4.78 is 64.9. The number of Topliss-reactive ketones (excluding diaryl/α,β-unsaturated/α-hetero) is 1. The van der Waals surface area contributed by atoms with Gasteiger partial charge in [0.15, 0.2) is 14.1 Å². The van der Waals surface area contributed by atoms with Crippen molar-refractivity contribution in [3.05, 3.63) is 24.3 Å². The van der Waals surface area contributed by atoms with Crippen molar-refractivity contribution in [1.82, 2.24) is 0 Å². The second-order valence-corrected chi connectivity index (χ2v) is 23.7. The molecule has 58 heavy (non-hydrogen) atoms. The van der Waals surface area contributed by atoms with Crippen molar-refractivity contribution in [2.24, 2.45) is 17.6 Å². The van der Waals surface area contributed by atoms with Gasteiger partial charge in [0.2, 0.25) is 0 Å². The summed E-state index contributed by atoms with van der Waals surface area (Å²) in [7, 11) is -0.534. The van der Waals surface area contributed by atoms with E-state index in [9.17, 15) is 9.59 Å². The molecule has 0 amide bonds. The summed E-state index contributed by atoms with van der Waals surface area (Å²) >= 11 is 0. The van der Waals surface area contributed by atoms with Crippen LogP contribution in [-0.2, 0) is 52.2 Å². The third kappa shape index (κ3) is 9.45. The number of carbonyl (C=O) groups excluding carboxylic acids is 1. The van der Waals surface area contributed by atoms with Crippen LogP contribution in [0.4, 0.5) is 0 Å². The molecule has 0 saturated carbocycles. The van der Waals surface area contributed by atoms with E-state index in [1.165, 1.54) is 5.57 Å². The van der Waals surface area contributed by atoms with E-state index in [2.05, 4.69) is 20.1 Å². The van der Waals surface area contributed by atoms with E-state index in [-0.39, 0.29) is 103 Å². The zero-order chi connectivity index (χ0) is 40.9. The van der Waals surface area contributed by atoms with Crippen molar-refractivity contribution >= 4 is 14.1 Å². The molecular formula is C44H71NO12Si. The lowest BCUT2D eigenvalue weighted by molar-refractivity contribution is -0.292. The van der Waals surface area contributed by atoms with E-state index < -0.39 is 14.1 Å². The summed E-state index contributed by atoms with van der Waals surface area (Å²) in [5, 5.41) is 0. The van der Waals surface area contributed by atoms with Gasteiger partial charge in [-0.2, -0.15) is 0 Å². The largest absolute Gasteiger partial charge is 0.432 e. The number of carbonyl (C=O) groups is 1. The Morgan fingerprint density at radius 3 is 2.45 bits per heavy atom. The molecule has 0 spiro atoms. The van der Waals surface area contributed by atoms with E-state index in [1.54, 1.807) is 7.11 Å². The van der Waals surface area contributed by atoms with Crippen molar-refractivity contribution in [3.63, 3.8) is 0 Å². The van der Waals surface area contributed by atoms with Gasteiger partial charge >= 0.3 is 0 Å². The number of rotatable bonds is 18. The van der Waals surface area contributed by atoms with E-state index >= 15 is 0 Å². The van der Waals surface area contributed by atoms with Crippen LogP contribution in [0.1, 0.15) is 90.9 Å². The minimum atomic E-state index is -2.21. The highest BCUT2D eigenvalue weighted by Crippen LogP contribution is 2.54. The average Bonchev–Trinajstić information content (AvgIpc) is 3.85. The number of ether oxygens (including phenoxy) is 10. The Morgan fingerprint density at radius 2 is 1.69 bits per heavy atom. The zero-order valence-corrected chi connectivity index (χ0v) is 36.6. The Balaban J connectivity index is 0.835. The van der Waals surface area contributed by atoms with E-state index in [1.807, 2.05) is 20.0 Å². The van der Waals surface area contributed by atoms with Crippen molar-refractivity contribution in [2.75, 3.05) is 26.9 Å². The first-order chi connectivity index (χ1) is 27.7. The molecule has 0 aromatic carbocycles. The lowest BCUT2D eigenvalue weighted by Gasteiger charge is -2.47. The first-order valence-electron chi connectivity index (χ1n) is 22.4. The van der Waals surface area contributed by atoms with Gasteiger partial charge < -0.3 is 57.9 Å². The monoisotopic (exact) mass is 833 g/mol. The fourth-order valence-electron chi connectivity index (χ4n) is 11.1. The molecule has 3 N–H and O–H groups in total. The van der Waals surface area contributed by atoms with Crippen LogP contribution in [0.5, 0.6) is 0 Å². The van der Waals surface area contributed by atoms with Crippen LogP contribution >= 0.6 is 0 Å². The Hall–Kier alpha value is -1.11. The van der Waals surface area contributed by atoms with Gasteiger partial charge in [0.1, 0.15) is 36.3 Å². The molecule has 14 heteroatoms. The van der Waals surface area contributed by atoms with Crippen molar-refractivity contribution < 1.29 is 57.0 Å². The molecule has 9 heterocycles. The summed E-state index contributed by atoms with van der Waals surface area (Å²) in [5.74, 6) is -0.257. The molecule has 9 fully saturated rings. The number of methoxy groups -OCH3 is 1. The first kappa shape index (κ1) is 43.5. The second-order valence-electron chi connectivity index (χ2n) is 19.5. The van der Waals surface area contributed by atoms with Crippen LogP contribution in [0.3, 0.4) is 0 Å². The maximum atomic E-state index is 13.8. The first-order valence-corrected chi connectivity index (χ1v) is 25.5. The Labute approximate surface area is 346 Å². The maximum Gasteiger partial charge on any atom is 0.184 e. The number of nitrogens with two attached hydrogens (primary N) is 1. The van der Waals surface area contributed by atoms with E-state index in [4.69, 9.17) is 53.1 Å². The summed E-state index contributed by atoms with van der Waals surface area (Å²) in [4.78, 5) is 24.0. The summed E-state index contributed by atoms with van der Waals surface area (Å²) in [6, 6.07) is 0.645. The van der Waals surface area contributed by atoms with Crippen molar-refractivity contribution in [2.45, 2.75) is 207 Å². The minimum Gasteiger partial charge on any atom is -0.432 e. The third-order valence-electron chi connectivity index (χ3n) is 14.5. The molecule has 0 radical (unpaired) electrons. The van der Waals surface area contributed by atoms with Gasteiger partial charge in [0, 0.05) is 58.3 Å². The molecule has 13 nitrogen and oxygen atoms in total. The summed E-state index contributed by atoms with van der Waals surface area (Å²) in [6.07, 6.45) is 6.37. The zero-order valence-electron chi connectivity index (χ0n) is 35.6. The van der Waals surface area contributed by atoms with Gasteiger partial charge in [0.05, 0.1) is 67.6 Å². The average molecular weight is 834 g/mol. The molecule has 0 aromatic heterocycles.